The molecule has 2 aliphatic rings. The van der Waals surface area contributed by atoms with Gasteiger partial charge in [0, 0.05) is 26.2 Å². The molecule has 3 N–H and O–H groups in total. The predicted octanol–water partition coefficient (Wildman–Crippen LogP) is 0.0413. The molecule has 0 aromatic rings. The Kier molecular flexibility index (Phi) is 5.79. The highest BCUT2D eigenvalue weighted by molar-refractivity contribution is 5.84. The van der Waals surface area contributed by atoms with E-state index in [1.165, 1.54) is 6.42 Å². The average Bonchev–Trinajstić information content (AvgIpc) is 2.46. The Bertz CT molecular complexity index is 337. The molecular weight excluding hydrogens is 258 g/mol. The van der Waals surface area contributed by atoms with E-state index in [9.17, 15) is 14.7 Å². The largest absolute Gasteiger partial charge is 0.480 e. The standard InChI is InChI=1S/C14H25N3O3/c18-12(10-17-8-6-15-7-9-17)16-13(14(19)20)11-4-2-1-3-5-11/h11,13,15H,1-10H2,(H,16,18)(H,19,20). The summed E-state index contributed by atoms with van der Waals surface area (Å²) in [5, 5.41) is 15.3. The van der Waals surface area contributed by atoms with Gasteiger partial charge in [0.15, 0.2) is 0 Å². The number of amides is 1. The Balaban J connectivity index is 1.83. The van der Waals surface area contributed by atoms with Crippen molar-refractivity contribution in [2.75, 3.05) is 32.7 Å². The predicted molar refractivity (Wildman–Crippen MR) is 75.5 cm³/mol. The SMILES string of the molecule is O=C(CN1CCNCC1)NC(C(=O)O)C1CCCCC1. The number of carbonyl (C=O) groups is 2. The van der Waals surface area contributed by atoms with Gasteiger partial charge in [0.25, 0.3) is 0 Å². The van der Waals surface area contributed by atoms with Crippen molar-refractivity contribution in [3.63, 3.8) is 0 Å². The number of hydrogen-bond donors (Lipinski definition) is 3. The van der Waals surface area contributed by atoms with Crippen molar-refractivity contribution in [3.8, 4) is 0 Å². The second-order valence-corrected chi connectivity index (χ2v) is 5.81. The van der Waals surface area contributed by atoms with Gasteiger partial charge >= 0.3 is 5.97 Å². The number of rotatable bonds is 5. The van der Waals surface area contributed by atoms with Crippen molar-refractivity contribution in [2.45, 2.75) is 38.1 Å². The van der Waals surface area contributed by atoms with Crippen LogP contribution in [0.3, 0.4) is 0 Å². The van der Waals surface area contributed by atoms with Crippen molar-refractivity contribution in [1.29, 1.82) is 0 Å². The maximum absolute atomic E-state index is 12.0. The van der Waals surface area contributed by atoms with Gasteiger partial charge in [0.2, 0.25) is 5.91 Å². The van der Waals surface area contributed by atoms with Crippen LogP contribution in [0, 0.1) is 5.92 Å². The quantitative estimate of drug-likeness (QED) is 0.664. The number of carboxylic acid groups (broad SMARTS) is 1. The van der Waals surface area contributed by atoms with Crippen LogP contribution in [0.25, 0.3) is 0 Å². The molecule has 114 valence electrons. The van der Waals surface area contributed by atoms with Crippen LogP contribution in [0.5, 0.6) is 0 Å². The van der Waals surface area contributed by atoms with Gasteiger partial charge in [0.1, 0.15) is 6.04 Å². The third-order valence-electron chi connectivity index (χ3n) is 4.28. The zero-order chi connectivity index (χ0) is 14.4. The molecule has 0 aromatic carbocycles. The van der Waals surface area contributed by atoms with Gasteiger partial charge in [-0.3, -0.25) is 9.69 Å². The molecule has 0 aromatic heterocycles. The summed E-state index contributed by atoms with van der Waals surface area (Å²) in [5.74, 6) is -0.969. The second-order valence-electron chi connectivity index (χ2n) is 5.81. The van der Waals surface area contributed by atoms with Gasteiger partial charge in [0.05, 0.1) is 6.54 Å². The molecule has 20 heavy (non-hydrogen) atoms. The Hall–Kier alpha value is -1.14. The molecule has 2 rings (SSSR count). The fourth-order valence-corrected chi connectivity index (χ4v) is 3.14. The fourth-order valence-electron chi connectivity index (χ4n) is 3.14. The van der Waals surface area contributed by atoms with E-state index in [4.69, 9.17) is 0 Å². The van der Waals surface area contributed by atoms with E-state index in [1.54, 1.807) is 0 Å². The topological polar surface area (TPSA) is 81.7 Å². The molecule has 1 amide bonds. The lowest BCUT2D eigenvalue weighted by Gasteiger charge is -2.30. The van der Waals surface area contributed by atoms with Gasteiger partial charge in [-0.1, -0.05) is 19.3 Å². The molecule has 1 aliphatic carbocycles. The van der Waals surface area contributed by atoms with Gasteiger partial charge in [-0.25, -0.2) is 4.79 Å². The van der Waals surface area contributed by atoms with Crippen LogP contribution in [0.4, 0.5) is 0 Å². The molecule has 2 fully saturated rings. The summed E-state index contributed by atoms with van der Waals surface area (Å²) < 4.78 is 0. The third kappa shape index (κ3) is 4.45. The van der Waals surface area contributed by atoms with E-state index in [0.29, 0.717) is 6.54 Å². The normalized spacial score (nSPS) is 23.2. The zero-order valence-electron chi connectivity index (χ0n) is 11.9. The van der Waals surface area contributed by atoms with Crippen LogP contribution in [0.2, 0.25) is 0 Å². The molecule has 0 radical (unpaired) electrons. The molecule has 1 unspecified atom stereocenters. The molecule has 0 bridgehead atoms. The highest BCUT2D eigenvalue weighted by Crippen LogP contribution is 2.26. The van der Waals surface area contributed by atoms with Crippen molar-refractivity contribution < 1.29 is 14.7 Å². The first-order valence-electron chi connectivity index (χ1n) is 7.62. The van der Waals surface area contributed by atoms with E-state index < -0.39 is 12.0 Å². The zero-order valence-corrected chi connectivity index (χ0v) is 11.9. The van der Waals surface area contributed by atoms with E-state index >= 15 is 0 Å². The summed E-state index contributed by atoms with van der Waals surface area (Å²) in [7, 11) is 0. The Morgan fingerprint density at radius 3 is 2.45 bits per heavy atom. The monoisotopic (exact) mass is 283 g/mol. The summed E-state index contributed by atoms with van der Waals surface area (Å²) in [6.45, 7) is 3.76. The molecule has 0 spiro atoms. The molecule has 6 nitrogen and oxygen atoms in total. The van der Waals surface area contributed by atoms with Gasteiger partial charge in [-0.15, -0.1) is 0 Å². The number of nitrogens with one attached hydrogen (secondary N) is 2. The lowest BCUT2D eigenvalue weighted by molar-refractivity contribution is -0.144. The van der Waals surface area contributed by atoms with Gasteiger partial charge < -0.3 is 15.7 Å². The fraction of sp³-hybridized carbons (Fsp3) is 0.857. The molecule has 1 aliphatic heterocycles. The maximum Gasteiger partial charge on any atom is 0.326 e. The first-order valence-corrected chi connectivity index (χ1v) is 7.62. The van der Waals surface area contributed by atoms with Crippen molar-refractivity contribution in [3.05, 3.63) is 0 Å². The lowest BCUT2D eigenvalue weighted by Crippen LogP contribution is -2.52. The minimum absolute atomic E-state index is 0.0909. The number of piperazine rings is 1. The molecule has 1 heterocycles. The van der Waals surface area contributed by atoms with E-state index in [1.807, 2.05) is 0 Å². The number of nitrogens with zero attached hydrogens (tertiary/aromatic N) is 1. The van der Waals surface area contributed by atoms with Crippen LogP contribution in [-0.4, -0.2) is 60.6 Å². The number of carbonyl (C=O) groups excluding carboxylic acids is 1. The third-order valence-corrected chi connectivity index (χ3v) is 4.28. The highest BCUT2D eigenvalue weighted by Gasteiger charge is 2.31. The van der Waals surface area contributed by atoms with Crippen molar-refractivity contribution >= 4 is 11.9 Å². The van der Waals surface area contributed by atoms with Crippen LogP contribution in [-0.2, 0) is 9.59 Å². The summed E-state index contributed by atoms with van der Waals surface area (Å²) >= 11 is 0. The van der Waals surface area contributed by atoms with E-state index in [2.05, 4.69) is 15.5 Å². The van der Waals surface area contributed by atoms with Crippen LogP contribution >= 0.6 is 0 Å². The minimum atomic E-state index is -0.898. The number of carboxylic acids is 1. The highest BCUT2D eigenvalue weighted by atomic mass is 16.4. The van der Waals surface area contributed by atoms with Crippen LogP contribution in [0.15, 0.2) is 0 Å². The Labute approximate surface area is 119 Å². The molecular formula is C14H25N3O3. The Morgan fingerprint density at radius 1 is 1.20 bits per heavy atom. The smallest absolute Gasteiger partial charge is 0.326 e. The summed E-state index contributed by atoms with van der Waals surface area (Å²) in [6.07, 6.45) is 5.14. The lowest BCUT2D eigenvalue weighted by atomic mass is 9.84. The summed E-state index contributed by atoms with van der Waals surface area (Å²) in [5.41, 5.74) is 0. The van der Waals surface area contributed by atoms with Crippen LogP contribution in [0.1, 0.15) is 32.1 Å². The Morgan fingerprint density at radius 2 is 1.85 bits per heavy atom. The van der Waals surface area contributed by atoms with Gasteiger partial charge in [-0.2, -0.15) is 0 Å². The van der Waals surface area contributed by atoms with Crippen LogP contribution < -0.4 is 10.6 Å². The second kappa shape index (κ2) is 7.59. The molecule has 1 atom stereocenters. The summed E-state index contributed by atoms with van der Waals surface area (Å²) in [4.78, 5) is 25.5. The number of hydrogen-bond acceptors (Lipinski definition) is 4. The minimum Gasteiger partial charge on any atom is -0.480 e. The van der Waals surface area contributed by atoms with Crippen molar-refractivity contribution in [1.82, 2.24) is 15.5 Å². The summed E-state index contributed by atoms with van der Waals surface area (Å²) in [6, 6.07) is -0.717. The first kappa shape index (κ1) is 15.3. The van der Waals surface area contributed by atoms with Crippen molar-refractivity contribution in [2.24, 2.45) is 5.92 Å². The number of aliphatic carboxylic acids is 1. The average molecular weight is 283 g/mol. The maximum atomic E-state index is 12.0. The van der Waals surface area contributed by atoms with E-state index in [0.717, 1.165) is 51.9 Å². The molecule has 6 heteroatoms. The molecule has 1 saturated carbocycles. The first-order chi connectivity index (χ1) is 9.66. The van der Waals surface area contributed by atoms with E-state index in [-0.39, 0.29) is 11.8 Å². The molecule has 1 saturated heterocycles. The van der Waals surface area contributed by atoms with Gasteiger partial charge in [-0.05, 0) is 18.8 Å².